The Morgan fingerprint density at radius 1 is 1.39 bits per heavy atom. The summed E-state index contributed by atoms with van der Waals surface area (Å²) in [5.41, 5.74) is 0.623. The van der Waals surface area contributed by atoms with Gasteiger partial charge in [-0.15, -0.1) is 0 Å². The topological polar surface area (TPSA) is 16.1 Å². The predicted octanol–water partition coefficient (Wildman–Crippen LogP) is 3.13. The third-order valence-corrected chi connectivity index (χ3v) is 3.10. The van der Waals surface area contributed by atoms with Gasteiger partial charge in [0.15, 0.2) is 0 Å². The van der Waals surface area contributed by atoms with Crippen LogP contribution in [0, 0.1) is 0 Å². The predicted molar refractivity (Wildman–Crippen MR) is 63.2 cm³/mol. The van der Waals surface area contributed by atoms with Gasteiger partial charge in [0.05, 0.1) is 0 Å². The first-order valence-electron chi connectivity index (χ1n) is 6.14. The smallest absolute Gasteiger partial charge is 0.286 e. The molecule has 1 fully saturated rings. The number of pyridine rings is 1. The van der Waals surface area contributed by atoms with Crippen LogP contribution in [0.1, 0.15) is 31.0 Å². The molecule has 0 bridgehead atoms. The van der Waals surface area contributed by atoms with E-state index in [-0.39, 0.29) is 12.4 Å². The molecule has 0 saturated heterocycles. The van der Waals surface area contributed by atoms with Crippen LogP contribution < -0.4 is 0 Å². The molecular weight excluding hydrogens is 241 g/mol. The molecule has 100 valence electrons. The van der Waals surface area contributed by atoms with E-state index in [0.29, 0.717) is 19.1 Å². The standard InChI is InChI=1S/C13H17F3N2/c1-13(15,16)12-5-2-10(8-17-12)9-18(7-6-14)11-3-4-11/h2,5,8,11H,3-4,6-7,9H2,1H3. The van der Waals surface area contributed by atoms with Crippen LogP contribution >= 0.6 is 0 Å². The van der Waals surface area contributed by atoms with E-state index in [9.17, 15) is 13.2 Å². The maximum atomic E-state index is 13.0. The molecule has 0 N–H and O–H groups in total. The summed E-state index contributed by atoms with van der Waals surface area (Å²) in [6.45, 7) is 1.43. The molecule has 0 aliphatic heterocycles. The molecule has 1 aliphatic carbocycles. The highest BCUT2D eigenvalue weighted by Crippen LogP contribution is 2.29. The van der Waals surface area contributed by atoms with Crippen molar-refractivity contribution in [2.24, 2.45) is 0 Å². The summed E-state index contributed by atoms with van der Waals surface area (Å²) in [6.07, 6.45) is 3.65. The fourth-order valence-corrected chi connectivity index (χ4v) is 1.95. The van der Waals surface area contributed by atoms with Crippen molar-refractivity contribution < 1.29 is 13.2 Å². The van der Waals surface area contributed by atoms with Gasteiger partial charge in [0, 0.05) is 32.3 Å². The SMILES string of the molecule is CC(F)(F)c1ccc(CN(CCF)C2CC2)cn1. The number of halogens is 3. The van der Waals surface area contributed by atoms with Crippen molar-refractivity contribution in [3.05, 3.63) is 29.6 Å². The molecule has 2 rings (SSSR count). The second-order valence-corrected chi connectivity index (χ2v) is 4.83. The van der Waals surface area contributed by atoms with Crippen molar-refractivity contribution >= 4 is 0 Å². The zero-order valence-electron chi connectivity index (χ0n) is 10.4. The maximum Gasteiger partial charge on any atom is 0.286 e. The Hall–Kier alpha value is -1.10. The highest BCUT2D eigenvalue weighted by molar-refractivity contribution is 5.17. The van der Waals surface area contributed by atoms with Crippen LogP contribution in [0.15, 0.2) is 18.3 Å². The first-order chi connectivity index (χ1) is 8.50. The maximum absolute atomic E-state index is 13.0. The van der Waals surface area contributed by atoms with Crippen LogP contribution in [0.2, 0.25) is 0 Å². The van der Waals surface area contributed by atoms with Gasteiger partial charge in [-0.05, 0) is 24.5 Å². The largest absolute Gasteiger partial charge is 0.293 e. The highest BCUT2D eigenvalue weighted by atomic mass is 19.3. The van der Waals surface area contributed by atoms with E-state index in [1.165, 1.54) is 12.3 Å². The van der Waals surface area contributed by atoms with Crippen LogP contribution in [-0.2, 0) is 12.5 Å². The van der Waals surface area contributed by atoms with Gasteiger partial charge < -0.3 is 0 Å². The van der Waals surface area contributed by atoms with Crippen molar-refractivity contribution in [1.29, 1.82) is 0 Å². The van der Waals surface area contributed by atoms with Crippen molar-refractivity contribution in [3.63, 3.8) is 0 Å². The van der Waals surface area contributed by atoms with Gasteiger partial charge >= 0.3 is 0 Å². The average molecular weight is 258 g/mol. The van der Waals surface area contributed by atoms with Crippen molar-refractivity contribution in [1.82, 2.24) is 9.88 Å². The first-order valence-corrected chi connectivity index (χ1v) is 6.14. The fourth-order valence-electron chi connectivity index (χ4n) is 1.95. The fraction of sp³-hybridized carbons (Fsp3) is 0.615. The number of aromatic nitrogens is 1. The van der Waals surface area contributed by atoms with E-state index < -0.39 is 5.92 Å². The van der Waals surface area contributed by atoms with E-state index in [1.54, 1.807) is 6.07 Å². The number of alkyl halides is 3. The van der Waals surface area contributed by atoms with Gasteiger partial charge in [-0.3, -0.25) is 9.88 Å². The van der Waals surface area contributed by atoms with Gasteiger partial charge in [0.1, 0.15) is 12.4 Å². The first kappa shape index (κ1) is 13.3. The molecule has 1 saturated carbocycles. The molecule has 0 radical (unpaired) electrons. The summed E-state index contributed by atoms with van der Waals surface area (Å²) >= 11 is 0. The highest BCUT2D eigenvalue weighted by Gasteiger charge is 2.29. The van der Waals surface area contributed by atoms with Crippen molar-refractivity contribution in [2.75, 3.05) is 13.2 Å². The molecule has 5 heteroatoms. The van der Waals surface area contributed by atoms with E-state index >= 15 is 0 Å². The molecule has 1 aromatic rings. The summed E-state index contributed by atoms with van der Waals surface area (Å²) in [7, 11) is 0. The summed E-state index contributed by atoms with van der Waals surface area (Å²) < 4.78 is 38.4. The van der Waals surface area contributed by atoms with Gasteiger partial charge in [0.2, 0.25) is 0 Å². The molecule has 1 aliphatic rings. The molecule has 1 aromatic heterocycles. The minimum Gasteiger partial charge on any atom is -0.293 e. The number of hydrogen-bond acceptors (Lipinski definition) is 2. The third-order valence-electron chi connectivity index (χ3n) is 3.10. The second kappa shape index (κ2) is 5.26. The molecule has 18 heavy (non-hydrogen) atoms. The van der Waals surface area contributed by atoms with Crippen LogP contribution in [0.3, 0.4) is 0 Å². The molecule has 0 amide bonds. The monoisotopic (exact) mass is 258 g/mol. The van der Waals surface area contributed by atoms with Crippen molar-refractivity contribution in [3.8, 4) is 0 Å². The van der Waals surface area contributed by atoms with Crippen LogP contribution in [0.25, 0.3) is 0 Å². The van der Waals surface area contributed by atoms with E-state index in [1.807, 2.05) is 4.90 Å². The number of nitrogens with zero attached hydrogens (tertiary/aromatic N) is 2. The van der Waals surface area contributed by atoms with E-state index in [2.05, 4.69) is 4.98 Å². The molecule has 1 heterocycles. The van der Waals surface area contributed by atoms with E-state index in [0.717, 1.165) is 25.3 Å². The average Bonchev–Trinajstić information content (AvgIpc) is 3.12. The van der Waals surface area contributed by atoms with Gasteiger partial charge in [-0.1, -0.05) is 6.07 Å². The molecule has 0 aromatic carbocycles. The summed E-state index contributed by atoms with van der Waals surface area (Å²) in [4.78, 5) is 5.81. The summed E-state index contributed by atoms with van der Waals surface area (Å²) in [5, 5.41) is 0. The molecule has 0 spiro atoms. The Morgan fingerprint density at radius 3 is 2.56 bits per heavy atom. The molecule has 0 unspecified atom stereocenters. The lowest BCUT2D eigenvalue weighted by Gasteiger charge is -2.20. The minimum atomic E-state index is -2.91. The normalized spacial score (nSPS) is 16.3. The molecular formula is C13H17F3N2. The zero-order chi connectivity index (χ0) is 13.2. The lowest BCUT2D eigenvalue weighted by molar-refractivity contribution is 0.0127. The Kier molecular flexibility index (Phi) is 3.90. The Balaban J connectivity index is 2.00. The van der Waals surface area contributed by atoms with Gasteiger partial charge in [0.25, 0.3) is 5.92 Å². The Labute approximate surface area is 105 Å². The quantitative estimate of drug-likeness (QED) is 0.779. The van der Waals surface area contributed by atoms with Crippen LogP contribution in [-0.4, -0.2) is 29.1 Å². The number of hydrogen-bond donors (Lipinski definition) is 0. The number of rotatable bonds is 6. The molecule has 2 nitrogen and oxygen atoms in total. The third kappa shape index (κ3) is 3.45. The van der Waals surface area contributed by atoms with Gasteiger partial charge in [-0.2, -0.15) is 8.78 Å². The van der Waals surface area contributed by atoms with Gasteiger partial charge in [-0.25, -0.2) is 4.39 Å². The lowest BCUT2D eigenvalue weighted by Crippen LogP contribution is -2.27. The second-order valence-electron chi connectivity index (χ2n) is 4.83. The zero-order valence-corrected chi connectivity index (χ0v) is 10.4. The Morgan fingerprint density at radius 2 is 2.11 bits per heavy atom. The molecule has 0 atom stereocenters. The summed E-state index contributed by atoms with van der Waals surface area (Å²) in [6, 6.07) is 3.44. The van der Waals surface area contributed by atoms with Crippen LogP contribution in [0.4, 0.5) is 13.2 Å². The van der Waals surface area contributed by atoms with Crippen molar-refractivity contribution in [2.45, 2.75) is 38.3 Å². The minimum absolute atomic E-state index is 0.227. The summed E-state index contributed by atoms with van der Waals surface area (Å²) in [5.74, 6) is -2.91. The van der Waals surface area contributed by atoms with Crippen LogP contribution in [0.5, 0.6) is 0 Å². The lowest BCUT2D eigenvalue weighted by atomic mass is 10.2. The van der Waals surface area contributed by atoms with E-state index in [4.69, 9.17) is 0 Å². The Bertz CT molecular complexity index is 382.